The van der Waals surface area contributed by atoms with E-state index >= 15 is 0 Å². The van der Waals surface area contributed by atoms with Crippen LogP contribution in [0, 0.1) is 0 Å². The van der Waals surface area contributed by atoms with Crippen LogP contribution in [0.25, 0.3) is 0 Å². The molecule has 0 amide bonds. The Morgan fingerprint density at radius 1 is 1.16 bits per heavy atom. The Kier molecular flexibility index (Phi) is 6.36. The minimum atomic E-state index is -0.411. The maximum Gasteiger partial charge on any atom is 0.330 e. The van der Waals surface area contributed by atoms with Crippen LogP contribution in [-0.2, 0) is 31.9 Å². The smallest absolute Gasteiger partial charge is 0.330 e. The molecule has 0 atom stereocenters. The van der Waals surface area contributed by atoms with E-state index in [1.54, 1.807) is 0 Å². The van der Waals surface area contributed by atoms with Crippen LogP contribution >= 0.6 is 0 Å². The monoisotopic (exact) mass is 262 g/mol. The van der Waals surface area contributed by atoms with Gasteiger partial charge in [0.05, 0.1) is 13.2 Å². The van der Waals surface area contributed by atoms with Crippen LogP contribution in [0.1, 0.15) is 18.1 Å². The van der Waals surface area contributed by atoms with E-state index in [2.05, 4.69) is 6.58 Å². The first-order valence-corrected chi connectivity index (χ1v) is 6.12. The van der Waals surface area contributed by atoms with Crippen LogP contribution in [0.15, 0.2) is 36.9 Å². The van der Waals surface area contributed by atoms with E-state index in [1.165, 1.54) is 6.92 Å². The molecule has 0 aliphatic carbocycles. The summed E-state index contributed by atoms with van der Waals surface area (Å²) in [4.78, 5) is 21.5. The zero-order chi connectivity index (χ0) is 14.1. The van der Waals surface area contributed by atoms with Gasteiger partial charge in [-0.1, -0.05) is 30.8 Å². The summed E-state index contributed by atoms with van der Waals surface area (Å²) in [5.74, 6) is -0.682. The lowest BCUT2D eigenvalue weighted by molar-refractivity contribution is -0.141. The fraction of sp³-hybridized carbons (Fsp3) is 0.333. The summed E-state index contributed by atoms with van der Waals surface area (Å²) in [6.45, 7) is 5.44. The van der Waals surface area contributed by atoms with Crippen molar-refractivity contribution in [3.63, 3.8) is 0 Å². The minimum Gasteiger partial charge on any atom is -0.466 e. The molecule has 0 saturated carbocycles. The van der Waals surface area contributed by atoms with E-state index in [9.17, 15) is 9.59 Å². The van der Waals surface area contributed by atoms with Gasteiger partial charge in [-0.3, -0.25) is 4.79 Å². The highest BCUT2D eigenvalue weighted by Crippen LogP contribution is 2.07. The molecule has 0 N–H and O–H groups in total. The molecule has 0 aromatic heterocycles. The molecular formula is C15H18O4. The molecule has 102 valence electrons. The molecule has 4 heteroatoms. The highest BCUT2D eigenvalue weighted by molar-refractivity contribution is 5.81. The zero-order valence-corrected chi connectivity index (χ0v) is 11.1. The first-order chi connectivity index (χ1) is 9.11. The van der Waals surface area contributed by atoms with E-state index < -0.39 is 5.97 Å². The van der Waals surface area contributed by atoms with Gasteiger partial charge in [0.25, 0.3) is 0 Å². The maximum atomic E-state index is 10.9. The molecule has 0 bridgehead atoms. The highest BCUT2D eigenvalue weighted by atomic mass is 16.5. The minimum absolute atomic E-state index is 0.271. The summed E-state index contributed by atoms with van der Waals surface area (Å²) in [6, 6.07) is 7.90. The molecular weight excluding hydrogens is 244 g/mol. The number of ether oxygens (including phenoxy) is 2. The van der Waals surface area contributed by atoms with Crippen LogP contribution in [0.3, 0.4) is 0 Å². The van der Waals surface area contributed by atoms with Crippen molar-refractivity contribution < 1.29 is 19.1 Å². The Hall–Kier alpha value is -2.10. The van der Waals surface area contributed by atoms with Gasteiger partial charge in [-0.15, -0.1) is 0 Å². The Morgan fingerprint density at radius 2 is 1.74 bits per heavy atom. The van der Waals surface area contributed by atoms with Gasteiger partial charge in [-0.25, -0.2) is 4.79 Å². The second-order valence-electron chi connectivity index (χ2n) is 4.03. The Balaban J connectivity index is 2.40. The number of hydrogen-bond donors (Lipinski definition) is 0. The molecule has 0 saturated heterocycles. The topological polar surface area (TPSA) is 52.6 Å². The van der Waals surface area contributed by atoms with Gasteiger partial charge in [0.1, 0.15) is 0 Å². The SMILES string of the molecule is C=CC(=O)OCCc1cccc(CCOC(C)=O)c1. The fourth-order valence-corrected chi connectivity index (χ4v) is 1.58. The number of esters is 2. The molecule has 0 unspecified atom stereocenters. The van der Waals surface area contributed by atoms with Crippen molar-refractivity contribution in [3.8, 4) is 0 Å². The molecule has 1 aromatic rings. The first kappa shape index (κ1) is 15.0. The summed E-state index contributed by atoms with van der Waals surface area (Å²) < 4.78 is 9.81. The molecule has 0 spiro atoms. The van der Waals surface area contributed by atoms with Crippen molar-refractivity contribution in [1.82, 2.24) is 0 Å². The van der Waals surface area contributed by atoms with E-state index in [0.29, 0.717) is 26.1 Å². The zero-order valence-electron chi connectivity index (χ0n) is 11.1. The molecule has 0 radical (unpaired) electrons. The number of hydrogen-bond acceptors (Lipinski definition) is 4. The summed E-state index contributed by atoms with van der Waals surface area (Å²) in [6.07, 6.45) is 2.48. The third kappa shape index (κ3) is 6.41. The molecule has 19 heavy (non-hydrogen) atoms. The van der Waals surface area contributed by atoms with Gasteiger partial charge in [-0.2, -0.15) is 0 Å². The molecule has 0 aliphatic rings. The number of rotatable bonds is 7. The van der Waals surface area contributed by atoms with Crippen LogP contribution in [-0.4, -0.2) is 25.2 Å². The molecule has 0 fully saturated rings. The summed E-state index contributed by atoms with van der Waals surface area (Å²) in [7, 11) is 0. The average Bonchev–Trinajstić information content (AvgIpc) is 2.38. The number of carbonyl (C=O) groups is 2. The third-order valence-corrected chi connectivity index (χ3v) is 2.49. The molecule has 1 rings (SSSR count). The predicted octanol–water partition coefficient (Wildman–Crippen LogP) is 2.06. The summed E-state index contributed by atoms with van der Waals surface area (Å²) in [5.41, 5.74) is 2.17. The quantitative estimate of drug-likeness (QED) is 0.557. The highest BCUT2D eigenvalue weighted by Gasteiger charge is 2.00. The van der Waals surface area contributed by atoms with Crippen LogP contribution in [0.4, 0.5) is 0 Å². The number of carbonyl (C=O) groups excluding carboxylic acids is 2. The van der Waals surface area contributed by atoms with Crippen molar-refractivity contribution in [2.24, 2.45) is 0 Å². The van der Waals surface area contributed by atoms with Gasteiger partial charge in [-0.05, 0) is 11.1 Å². The van der Waals surface area contributed by atoms with E-state index in [1.807, 2.05) is 24.3 Å². The largest absolute Gasteiger partial charge is 0.466 e. The van der Waals surface area contributed by atoms with Crippen LogP contribution in [0.5, 0.6) is 0 Å². The Bertz CT molecular complexity index is 451. The second-order valence-corrected chi connectivity index (χ2v) is 4.03. The van der Waals surface area contributed by atoms with Gasteiger partial charge < -0.3 is 9.47 Å². The van der Waals surface area contributed by atoms with Crippen molar-refractivity contribution in [2.75, 3.05) is 13.2 Å². The van der Waals surface area contributed by atoms with Crippen molar-refractivity contribution in [1.29, 1.82) is 0 Å². The van der Waals surface area contributed by atoms with Crippen LogP contribution < -0.4 is 0 Å². The summed E-state index contributed by atoms with van der Waals surface area (Å²) in [5, 5.41) is 0. The first-order valence-electron chi connectivity index (χ1n) is 6.12. The molecule has 1 aromatic carbocycles. The molecule has 0 aliphatic heterocycles. The van der Waals surface area contributed by atoms with Crippen molar-refractivity contribution in [2.45, 2.75) is 19.8 Å². The Labute approximate surface area is 113 Å². The van der Waals surface area contributed by atoms with E-state index in [-0.39, 0.29) is 5.97 Å². The van der Waals surface area contributed by atoms with Gasteiger partial charge in [0.15, 0.2) is 0 Å². The van der Waals surface area contributed by atoms with E-state index in [4.69, 9.17) is 9.47 Å². The standard InChI is InChI=1S/C15H18O4/c1-3-15(17)19-10-8-14-6-4-5-13(11-14)7-9-18-12(2)16/h3-6,11H,1,7-10H2,2H3. The van der Waals surface area contributed by atoms with Crippen LogP contribution in [0.2, 0.25) is 0 Å². The normalized spacial score (nSPS) is 9.74. The molecule has 4 nitrogen and oxygen atoms in total. The predicted molar refractivity (Wildman–Crippen MR) is 71.6 cm³/mol. The Morgan fingerprint density at radius 3 is 2.26 bits per heavy atom. The lowest BCUT2D eigenvalue weighted by Gasteiger charge is -2.06. The number of benzene rings is 1. The van der Waals surface area contributed by atoms with Gasteiger partial charge in [0, 0.05) is 25.8 Å². The van der Waals surface area contributed by atoms with Crippen molar-refractivity contribution >= 4 is 11.9 Å². The fourth-order valence-electron chi connectivity index (χ4n) is 1.58. The third-order valence-electron chi connectivity index (χ3n) is 2.49. The molecule has 0 heterocycles. The average molecular weight is 262 g/mol. The summed E-state index contributed by atoms with van der Waals surface area (Å²) >= 11 is 0. The lowest BCUT2D eigenvalue weighted by atomic mass is 10.1. The van der Waals surface area contributed by atoms with E-state index in [0.717, 1.165) is 17.2 Å². The lowest BCUT2D eigenvalue weighted by Crippen LogP contribution is -2.05. The maximum absolute atomic E-state index is 10.9. The van der Waals surface area contributed by atoms with Gasteiger partial charge >= 0.3 is 11.9 Å². The second kappa shape index (κ2) is 8.08. The van der Waals surface area contributed by atoms with Crippen molar-refractivity contribution in [3.05, 3.63) is 48.0 Å². The van der Waals surface area contributed by atoms with Gasteiger partial charge in [0.2, 0.25) is 0 Å².